The molecule has 1 amide bonds. The zero-order valence-corrected chi connectivity index (χ0v) is 21.8. The summed E-state index contributed by atoms with van der Waals surface area (Å²) < 4.78 is 12.4. The number of benzene rings is 4. The third-order valence-electron chi connectivity index (χ3n) is 6.48. The number of carbonyl (C=O) groups is 1. The van der Waals surface area contributed by atoms with Crippen LogP contribution in [-0.4, -0.2) is 24.0 Å². The first-order valence-corrected chi connectivity index (χ1v) is 12.9. The van der Waals surface area contributed by atoms with Crippen LogP contribution in [0.15, 0.2) is 84.9 Å². The van der Waals surface area contributed by atoms with E-state index >= 15 is 0 Å². The van der Waals surface area contributed by atoms with Crippen molar-refractivity contribution in [2.45, 2.75) is 33.6 Å². The normalized spacial score (nSPS) is 11.1. The van der Waals surface area contributed by atoms with E-state index in [2.05, 4.69) is 71.1 Å². The highest BCUT2D eigenvalue weighted by Crippen LogP contribution is 2.29. The van der Waals surface area contributed by atoms with Crippen molar-refractivity contribution in [2.75, 3.05) is 13.1 Å². The molecule has 0 bridgehead atoms. The summed E-state index contributed by atoms with van der Waals surface area (Å²) in [5.74, 6) is 1.56. The molecule has 0 spiro atoms. The van der Waals surface area contributed by atoms with Crippen LogP contribution in [-0.2, 0) is 24.6 Å². The minimum Gasteiger partial charge on any atom is -0.489 e. The van der Waals surface area contributed by atoms with E-state index in [-0.39, 0.29) is 5.91 Å². The van der Waals surface area contributed by atoms with Crippen molar-refractivity contribution < 1.29 is 14.3 Å². The summed E-state index contributed by atoms with van der Waals surface area (Å²) in [5, 5.41) is 8.61. The van der Waals surface area contributed by atoms with E-state index in [1.165, 1.54) is 23.3 Å². The van der Waals surface area contributed by atoms with Gasteiger partial charge in [-0.15, -0.1) is 0 Å². The van der Waals surface area contributed by atoms with Crippen LogP contribution < -0.4 is 20.1 Å². The van der Waals surface area contributed by atoms with Crippen molar-refractivity contribution in [1.82, 2.24) is 15.6 Å². The van der Waals surface area contributed by atoms with Crippen LogP contribution in [0.2, 0.25) is 0 Å². The molecule has 0 saturated heterocycles. The fourth-order valence-corrected chi connectivity index (χ4v) is 4.53. The molecule has 1 heterocycles. The standard InChI is InChI=1S/C32H33N3O3/c1-22-8-11-28-29-17-25(9-12-30(29)35-31(28)16-22)21-37-27-10-13-32(38-20-24-6-4-3-5-7-24)26(18-27)19-33-14-15-34-23(2)36/h3-13,16-18,33,35H,14-15,19-21H2,1-2H3,(H,34,36). The van der Waals surface area contributed by atoms with Gasteiger partial charge in [-0.3, -0.25) is 4.79 Å². The number of nitrogens with one attached hydrogen (secondary N) is 3. The number of H-pyrrole nitrogens is 1. The number of aryl methyl sites for hydroxylation is 1. The van der Waals surface area contributed by atoms with Gasteiger partial charge in [-0.1, -0.05) is 48.5 Å². The molecule has 0 saturated carbocycles. The van der Waals surface area contributed by atoms with Crippen LogP contribution in [0, 0.1) is 6.92 Å². The molecule has 0 aliphatic rings. The number of aromatic nitrogens is 1. The lowest BCUT2D eigenvalue weighted by Gasteiger charge is -2.15. The maximum absolute atomic E-state index is 11.1. The number of fused-ring (bicyclic) bond motifs is 3. The van der Waals surface area contributed by atoms with Gasteiger partial charge in [0.25, 0.3) is 0 Å². The summed E-state index contributed by atoms with van der Waals surface area (Å²) in [6.45, 7) is 6.41. The Balaban J connectivity index is 1.29. The third-order valence-corrected chi connectivity index (χ3v) is 6.48. The number of ether oxygens (including phenoxy) is 2. The third kappa shape index (κ3) is 6.33. The average molecular weight is 508 g/mol. The first kappa shape index (κ1) is 25.4. The highest BCUT2D eigenvalue weighted by Gasteiger charge is 2.09. The Hall–Kier alpha value is -4.29. The molecule has 6 heteroatoms. The second-order valence-corrected chi connectivity index (χ2v) is 9.55. The van der Waals surface area contributed by atoms with Gasteiger partial charge in [0.1, 0.15) is 24.7 Å². The molecule has 4 aromatic carbocycles. The number of rotatable bonds is 11. The van der Waals surface area contributed by atoms with E-state index in [0.717, 1.165) is 39.2 Å². The van der Waals surface area contributed by atoms with E-state index < -0.39 is 0 Å². The van der Waals surface area contributed by atoms with Crippen LogP contribution in [0.3, 0.4) is 0 Å². The zero-order chi connectivity index (χ0) is 26.3. The summed E-state index contributed by atoms with van der Waals surface area (Å²) in [5.41, 5.74) is 6.74. The SMILES string of the molecule is CC(=O)NCCNCc1cc(OCc2ccc3[nH]c4cc(C)ccc4c3c2)ccc1OCc1ccccc1. The van der Waals surface area contributed by atoms with Crippen LogP contribution in [0.5, 0.6) is 11.5 Å². The molecule has 0 atom stereocenters. The lowest BCUT2D eigenvalue weighted by atomic mass is 10.1. The summed E-state index contributed by atoms with van der Waals surface area (Å²) >= 11 is 0. The van der Waals surface area contributed by atoms with Crippen molar-refractivity contribution in [3.63, 3.8) is 0 Å². The van der Waals surface area contributed by atoms with E-state index in [9.17, 15) is 4.79 Å². The van der Waals surface area contributed by atoms with E-state index in [0.29, 0.717) is 32.8 Å². The highest BCUT2D eigenvalue weighted by molar-refractivity contribution is 6.07. The van der Waals surface area contributed by atoms with Gasteiger partial charge in [0.05, 0.1) is 0 Å². The zero-order valence-electron chi connectivity index (χ0n) is 21.8. The molecule has 5 aromatic rings. The Labute approximate surface area is 223 Å². The van der Waals surface area contributed by atoms with Crippen molar-refractivity contribution in [2.24, 2.45) is 0 Å². The van der Waals surface area contributed by atoms with E-state index in [1.807, 2.05) is 36.4 Å². The molecule has 0 aliphatic heterocycles. The number of aromatic amines is 1. The molecule has 1 aromatic heterocycles. The molecule has 0 unspecified atom stereocenters. The van der Waals surface area contributed by atoms with Crippen molar-refractivity contribution in [3.05, 3.63) is 107 Å². The predicted octanol–water partition coefficient (Wildman–Crippen LogP) is 6.01. The molecule has 0 fully saturated rings. The molecular weight excluding hydrogens is 474 g/mol. The highest BCUT2D eigenvalue weighted by atomic mass is 16.5. The van der Waals surface area contributed by atoms with Gasteiger partial charge in [0.15, 0.2) is 0 Å². The monoisotopic (exact) mass is 507 g/mol. The molecule has 5 rings (SSSR count). The molecule has 0 radical (unpaired) electrons. The quantitative estimate of drug-likeness (QED) is 0.191. The second kappa shape index (κ2) is 11.8. The summed E-state index contributed by atoms with van der Waals surface area (Å²) in [6, 6.07) is 29.0. The average Bonchev–Trinajstić information content (AvgIpc) is 3.28. The first-order chi connectivity index (χ1) is 18.5. The number of hydrogen-bond acceptors (Lipinski definition) is 4. The topological polar surface area (TPSA) is 75.4 Å². The Kier molecular flexibility index (Phi) is 7.90. The lowest BCUT2D eigenvalue weighted by molar-refractivity contribution is -0.118. The van der Waals surface area contributed by atoms with E-state index in [1.54, 1.807) is 0 Å². The maximum Gasteiger partial charge on any atom is 0.216 e. The molecule has 38 heavy (non-hydrogen) atoms. The Morgan fingerprint density at radius 2 is 1.63 bits per heavy atom. The van der Waals surface area contributed by atoms with Crippen LogP contribution in [0.4, 0.5) is 0 Å². The lowest BCUT2D eigenvalue weighted by Crippen LogP contribution is -2.30. The summed E-state index contributed by atoms with van der Waals surface area (Å²) in [7, 11) is 0. The van der Waals surface area contributed by atoms with Crippen molar-refractivity contribution in [3.8, 4) is 11.5 Å². The summed E-state index contributed by atoms with van der Waals surface area (Å²) in [6.07, 6.45) is 0. The van der Waals surface area contributed by atoms with Crippen LogP contribution in [0.25, 0.3) is 21.8 Å². The molecule has 3 N–H and O–H groups in total. The number of hydrogen-bond donors (Lipinski definition) is 3. The van der Waals surface area contributed by atoms with Gasteiger partial charge in [-0.05, 0) is 60.0 Å². The van der Waals surface area contributed by atoms with Crippen molar-refractivity contribution in [1.29, 1.82) is 0 Å². The molecule has 6 nitrogen and oxygen atoms in total. The van der Waals surface area contributed by atoms with Crippen LogP contribution in [0.1, 0.15) is 29.2 Å². The number of carbonyl (C=O) groups excluding carboxylic acids is 1. The maximum atomic E-state index is 11.1. The largest absolute Gasteiger partial charge is 0.489 e. The van der Waals surface area contributed by atoms with Gasteiger partial charge in [0, 0.05) is 53.9 Å². The molecule has 194 valence electrons. The first-order valence-electron chi connectivity index (χ1n) is 12.9. The molecular formula is C32H33N3O3. The van der Waals surface area contributed by atoms with Gasteiger partial charge in [-0.2, -0.15) is 0 Å². The minimum atomic E-state index is -0.0324. The Morgan fingerprint density at radius 1 is 0.789 bits per heavy atom. The van der Waals surface area contributed by atoms with Crippen molar-refractivity contribution >= 4 is 27.7 Å². The second-order valence-electron chi connectivity index (χ2n) is 9.55. The van der Waals surface area contributed by atoms with Gasteiger partial charge >= 0.3 is 0 Å². The van der Waals surface area contributed by atoms with E-state index in [4.69, 9.17) is 9.47 Å². The Bertz CT molecular complexity index is 1540. The fourth-order valence-electron chi connectivity index (χ4n) is 4.53. The minimum absolute atomic E-state index is 0.0324. The molecule has 0 aliphatic carbocycles. The summed E-state index contributed by atoms with van der Waals surface area (Å²) in [4.78, 5) is 14.6. The fraction of sp³-hybridized carbons (Fsp3) is 0.219. The van der Waals surface area contributed by atoms with Crippen LogP contribution >= 0.6 is 0 Å². The van der Waals surface area contributed by atoms with Gasteiger partial charge < -0.3 is 25.1 Å². The van der Waals surface area contributed by atoms with Gasteiger partial charge in [0.2, 0.25) is 5.91 Å². The smallest absolute Gasteiger partial charge is 0.216 e. The Morgan fingerprint density at radius 3 is 2.47 bits per heavy atom. The predicted molar refractivity (Wildman–Crippen MR) is 152 cm³/mol. The number of amides is 1. The van der Waals surface area contributed by atoms with Gasteiger partial charge in [-0.25, -0.2) is 0 Å².